The molecule has 1 aliphatic heterocycles. The minimum Gasteiger partial charge on any atom is -0.296 e. The van der Waals surface area contributed by atoms with Gasteiger partial charge in [0.25, 0.3) is 0 Å². The topological polar surface area (TPSA) is 40.6 Å². The quantitative estimate of drug-likeness (QED) is 0.737. The number of hydrogen-bond donors (Lipinski definition) is 0. The first-order valence-electron chi connectivity index (χ1n) is 8.31. The standard InChI is InChI=1S/C18H18F4N2O2S/c19-15-5-3-6-16(12-15)27(25,26)24-10-8-23(9-11-24)13-14-4-1-2-7-17(14)18(20,21)22/h1-7,12H,8-11,13H2. The highest BCUT2D eigenvalue weighted by molar-refractivity contribution is 7.89. The van der Waals surface area contributed by atoms with Gasteiger partial charge in [0, 0.05) is 32.7 Å². The second-order valence-corrected chi connectivity index (χ2v) is 8.23. The molecule has 0 amide bonds. The minimum absolute atomic E-state index is 0.0868. The van der Waals surface area contributed by atoms with Crippen molar-refractivity contribution in [1.29, 1.82) is 0 Å². The van der Waals surface area contributed by atoms with Crippen LogP contribution in [-0.4, -0.2) is 43.8 Å². The number of rotatable bonds is 4. The lowest BCUT2D eigenvalue weighted by molar-refractivity contribution is -0.138. The maximum absolute atomic E-state index is 13.3. The number of nitrogens with zero attached hydrogens (tertiary/aromatic N) is 2. The number of hydrogen-bond acceptors (Lipinski definition) is 3. The van der Waals surface area contributed by atoms with Gasteiger partial charge in [-0.05, 0) is 29.8 Å². The van der Waals surface area contributed by atoms with E-state index in [2.05, 4.69) is 0 Å². The van der Waals surface area contributed by atoms with Crippen LogP contribution < -0.4 is 0 Å². The first kappa shape index (κ1) is 19.8. The molecule has 0 bridgehead atoms. The van der Waals surface area contributed by atoms with Gasteiger partial charge in [0.15, 0.2) is 0 Å². The lowest BCUT2D eigenvalue weighted by atomic mass is 10.1. The Morgan fingerprint density at radius 2 is 1.59 bits per heavy atom. The van der Waals surface area contributed by atoms with Gasteiger partial charge in [-0.1, -0.05) is 24.3 Å². The summed E-state index contributed by atoms with van der Waals surface area (Å²) < 4.78 is 79.0. The number of piperazine rings is 1. The second-order valence-electron chi connectivity index (χ2n) is 6.29. The third-order valence-electron chi connectivity index (χ3n) is 4.48. The molecular weight excluding hydrogens is 384 g/mol. The van der Waals surface area contributed by atoms with E-state index in [1.54, 1.807) is 11.0 Å². The molecule has 0 aromatic heterocycles. The van der Waals surface area contributed by atoms with Gasteiger partial charge < -0.3 is 0 Å². The van der Waals surface area contributed by atoms with Gasteiger partial charge in [-0.2, -0.15) is 17.5 Å². The molecular formula is C18H18F4N2O2S. The van der Waals surface area contributed by atoms with Crippen LogP contribution in [0.25, 0.3) is 0 Å². The lowest BCUT2D eigenvalue weighted by Crippen LogP contribution is -2.48. The van der Waals surface area contributed by atoms with Gasteiger partial charge in [-0.3, -0.25) is 4.90 Å². The van der Waals surface area contributed by atoms with Crippen LogP contribution in [0, 0.1) is 5.82 Å². The van der Waals surface area contributed by atoms with Crippen LogP contribution in [0.2, 0.25) is 0 Å². The zero-order valence-electron chi connectivity index (χ0n) is 14.3. The molecule has 0 unspecified atom stereocenters. The highest BCUT2D eigenvalue weighted by Gasteiger charge is 2.34. The molecule has 1 aliphatic rings. The van der Waals surface area contributed by atoms with Crippen molar-refractivity contribution in [2.75, 3.05) is 26.2 Å². The third kappa shape index (κ3) is 4.48. The average molecular weight is 402 g/mol. The molecule has 0 radical (unpaired) electrons. The Morgan fingerprint density at radius 3 is 2.22 bits per heavy atom. The monoisotopic (exact) mass is 402 g/mol. The fourth-order valence-electron chi connectivity index (χ4n) is 3.08. The van der Waals surface area contributed by atoms with Gasteiger partial charge in [-0.25, -0.2) is 12.8 Å². The minimum atomic E-state index is -4.43. The van der Waals surface area contributed by atoms with Crippen LogP contribution in [0.1, 0.15) is 11.1 Å². The summed E-state index contributed by atoms with van der Waals surface area (Å²) in [6, 6.07) is 10.1. The molecule has 0 atom stereocenters. The van der Waals surface area contributed by atoms with Crippen LogP contribution in [0.3, 0.4) is 0 Å². The average Bonchev–Trinajstić information content (AvgIpc) is 2.62. The number of alkyl halides is 3. The predicted octanol–water partition coefficient (Wildman–Crippen LogP) is 3.35. The molecule has 0 spiro atoms. The zero-order chi connectivity index (χ0) is 19.7. The van der Waals surface area contributed by atoms with Crippen molar-refractivity contribution in [3.05, 3.63) is 65.5 Å². The van der Waals surface area contributed by atoms with E-state index in [1.807, 2.05) is 0 Å². The summed E-state index contributed by atoms with van der Waals surface area (Å²) in [7, 11) is -3.83. The van der Waals surface area contributed by atoms with Gasteiger partial charge in [-0.15, -0.1) is 0 Å². The summed E-state index contributed by atoms with van der Waals surface area (Å²) in [6.07, 6.45) is -4.43. The smallest absolute Gasteiger partial charge is 0.296 e. The Morgan fingerprint density at radius 1 is 0.926 bits per heavy atom. The normalized spacial score (nSPS) is 17.2. The largest absolute Gasteiger partial charge is 0.416 e. The van der Waals surface area contributed by atoms with Crippen molar-refractivity contribution >= 4 is 10.0 Å². The third-order valence-corrected chi connectivity index (χ3v) is 6.38. The highest BCUT2D eigenvalue weighted by atomic mass is 32.2. The van der Waals surface area contributed by atoms with Gasteiger partial charge in [0.2, 0.25) is 10.0 Å². The molecule has 0 saturated carbocycles. The molecule has 2 aromatic rings. The highest BCUT2D eigenvalue weighted by Crippen LogP contribution is 2.32. The number of halogens is 4. The molecule has 1 saturated heterocycles. The molecule has 1 fully saturated rings. The molecule has 27 heavy (non-hydrogen) atoms. The van der Waals surface area contributed by atoms with Crippen molar-refractivity contribution in [3.63, 3.8) is 0 Å². The summed E-state index contributed by atoms with van der Waals surface area (Å²) >= 11 is 0. The molecule has 1 heterocycles. The summed E-state index contributed by atoms with van der Waals surface area (Å²) in [6.45, 7) is 0.936. The molecule has 146 valence electrons. The second kappa shape index (κ2) is 7.57. The van der Waals surface area contributed by atoms with Crippen molar-refractivity contribution in [3.8, 4) is 0 Å². The SMILES string of the molecule is O=S(=O)(c1cccc(F)c1)N1CCN(Cc2ccccc2C(F)(F)F)CC1. The van der Waals surface area contributed by atoms with Crippen LogP contribution in [0.15, 0.2) is 53.4 Å². The van der Waals surface area contributed by atoms with Gasteiger partial charge in [0.1, 0.15) is 5.82 Å². The zero-order valence-corrected chi connectivity index (χ0v) is 15.1. The molecule has 4 nitrogen and oxygen atoms in total. The molecule has 2 aromatic carbocycles. The number of sulfonamides is 1. The molecule has 0 aliphatic carbocycles. The number of benzene rings is 2. The molecule has 9 heteroatoms. The van der Waals surface area contributed by atoms with E-state index in [4.69, 9.17) is 0 Å². The summed E-state index contributed by atoms with van der Waals surface area (Å²) in [5.41, 5.74) is -0.522. The van der Waals surface area contributed by atoms with Crippen molar-refractivity contribution in [2.45, 2.75) is 17.6 Å². The van der Waals surface area contributed by atoms with E-state index >= 15 is 0 Å². The van der Waals surface area contributed by atoms with E-state index in [0.717, 1.165) is 18.2 Å². The van der Waals surface area contributed by atoms with E-state index in [9.17, 15) is 26.0 Å². The Labute approximate surface area is 155 Å². The van der Waals surface area contributed by atoms with E-state index in [0.29, 0.717) is 13.1 Å². The Bertz CT molecular complexity index is 908. The van der Waals surface area contributed by atoms with Crippen molar-refractivity contribution in [1.82, 2.24) is 9.21 Å². The molecule has 0 N–H and O–H groups in total. The van der Waals surface area contributed by atoms with Crippen LogP contribution in [0.5, 0.6) is 0 Å². The predicted molar refractivity (Wildman–Crippen MR) is 91.9 cm³/mol. The summed E-state index contributed by atoms with van der Waals surface area (Å²) in [5, 5.41) is 0. The van der Waals surface area contributed by atoms with Gasteiger partial charge in [0.05, 0.1) is 10.5 Å². The molecule has 3 rings (SSSR count). The Hall–Kier alpha value is -1.97. The lowest BCUT2D eigenvalue weighted by Gasteiger charge is -2.34. The fourth-order valence-corrected chi connectivity index (χ4v) is 4.53. The maximum Gasteiger partial charge on any atom is 0.416 e. The fraction of sp³-hybridized carbons (Fsp3) is 0.333. The van der Waals surface area contributed by atoms with E-state index < -0.39 is 27.6 Å². The van der Waals surface area contributed by atoms with Gasteiger partial charge >= 0.3 is 6.18 Å². The van der Waals surface area contributed by atoms with Crippen molar-refractivity contribution < 1.29 is 26.0 Å². The van der Waals surface area contributed by atoms with Crippen LogP contribution in [0.4, 0.5) is 17.6 Å². The Balaban J connectivity index is 1.68. The van der Waals surface area contributed by atoms with Crippen LogP contribution >= 0.6 is 0 Å². The Kier molecular flexibility index (Phi) is 5.55. The first-order valence-corrected chi connectivity index (χ1v) is 9.75. The van der Waals surface area contributed by atoms with E-state index in [1.165, 1.54) is 28.6 Å². The maximum atomic E-state index is 13.3. The first-order chi connectivity index (χ1) is 12.7. The van der Waals surface area contributed by atoms with E-state index in [-0.39, 0.29) is 30.1 Å². The summed E-state index contributed by atoms with van der Waals surface area (Å²) in [5.74, 6) is -0.640. The summed E-state index contributed by atoms with van der Waals surface area (Å²) in [4.78, 5) is 1.65. The van der Waals surface area contributed by atoms with Crippen molar-refractivity contribution in [2.24, 2.45) is 0 Å². The van der Waals surface area contributed by atoms with Crippen LogP contribution in [-0.2, 0) is 22.7 Å².